The molecule has 3 aromatic heterocycles. The first-order chi connectivity index (χ1) is 14.4. The number of carbonyl (C=O) groups is 1. The second-order valence-corrected chi connectivity index (χ2v) is 7.31. The topological polar surface area (TPSA) is 108 Å². The second-order valence-electron chi connectivity index (χ2n) is 7.31. The molecule has 4 aromatic rings. The molecule has 30 heavy (non-hydrogen) atoms. The number of imidazole rings is 1. The summed E-state index contributed by atoms with van der Waals surface area (Å²) in [7, 11) is 0. The van der Waals surface area contributed by atoms with Gasteiger partial charge in [-0.25, -0.2) is 4.79 Å². The van der Waals surface area contributed by atoms with Gasteiger partial charge < -0.3 is 9.84 Å². The van der Waals surface area contributed by atoms with E-state index in [2.05, 4.69) is 20.4 Å². The number of fused-ring (bicyclic) bond motifs is 1. The Balaban J connectivity index is 1.69. The number of aryl methyl sites for hydroxylation is 1. The minimum atomic E-state index is -0.260. The molecule has 0 aliphatic heterocycles. The van der Waals surface area contributed by atoms with Crippen molar-refractivity contribution in [3.05, 3.63) is 64.7 Å². The lowest BCUT2D eigenvalue weighted by Crippen LogP contribution is -2.33. The van der Waals surface area contributed by atoms with Gasteiger partial charge in [-0.05, 0) is 43.7 Å². The number of amides is 1. The van der Waals surface area contributed by atoms with Crippen LogP contribution in [-0.4, -0.2) is 30.2 Å². The third-order valence-corrected chi connectivity index (χ3v) is 4.78. The van der Waals surface area contributed by atoms with Crippen LogP contribution in [0.5, 0.6) is 0 Å². The van der Waals surface area contributed by atoms with Gasteiger partial charge in [0.1, 0.15) is 6.54 Å². The van der Waals surface area contributed by atoms with Crippen molar-refractivity contribution >= 4 is 16.9 Å². The van der Waals surface area contributed by atoms with Gasteiger partial charge in [-0.3, -0.25) is 18.9 Å². The molecule has 0 aliphatic rings. The number of hydrogen-bond donors (Lipinski definition) is 1. The Labute approximate surface area is 172 Å². The van der Waals surface area contributed by atoms with Crippen molar-refractivity contribution in [1.29, 1.82) is 0 Å². The fraction of sp³-hybridized carbons (Fsp3) is 0.286. The molecule has 0 atom stereocenters. The van der Waals surface area contributed by atoms with Crippen LogP contribution in [0.1, 0.15) is 31.3 Å². The lowest BCUT2D eigenvalue weighted by atomic mass is 10.2. The van der Waals surface area contributed by atoms with Gasteiger partial charge in [-0.2, -0.15) is 4.98 Å². The average Bonchev–Trinajstić information content (AvgIpc) is 3.28. The van der Waals surface area contributed by atoms with Crippen LogP contribution < -0.4 is 11.0 Å². The standard InChI is InChI=1S/C21H22N6O3/c1-13(2)27-17-7-6-16(20-24-14(3)30-25-20)9-18(17)26(21(27)29)12-19(28)23-11-15-5-4-8-22-10-15/h4-10,13H,11-12H2,1-3H3,(H,23,28). The van der Waals surface area contributed by atoms with Crippen LogP contribution in [0.15, 0.2) is 52.0 Å². The number of nitrogens with one attached hydrogen (secondary N) is 1. The lowest BCUT2D eigenvalue weighted by molar-refractivity contribution is -0.121. The highest BCUT2D eigenvalue weighted by Crippen LogP contribution is 2.24. The molecule has 4 rings (SSSR count). The van der Waals surface area contributed by atoms with Crippen LogP contribution in [0.3, 0.4) is 0 Å². The average molecular weight is 406 g/mol. The predicted octanol–water partition coefficient (Wildman–Crippen LogP) is 2.45. The molecule has 0 fully saturated rings. The normalized spacial score (nSPS) is 11.3. The minimum Gasteiger partial charge on any atom is -0.350 e. The van der Waals surface area contributed by atoms with Crippen LogP contribution in [0.2, 0.25) is 0 Å². The van der Waals surface area contributed by atoms with Gasteiger partial charge in [-0.15, -0.1) is 0 Å². The quantitative estimate of drug-likeness (QED) is 0.527. The summed E-state index contributed by atoms with van der Waals surface area (Å²) < 4.78 is 8.21. The van der Waals surface area contributed by atoms with E-state index in [1.165, 1.54) is 4.57 Å². The molecule has 9 nitrogen and oxygen atoms in total. The van der Waals surface area contributed by atoms with Gasteiger partial charge in [0.15, 0.2) is 0 Å². The fourth-order valence-corrected chi connectivity index (χ4v) is 3.39. The summed E-state index contributed by atoms with van der Waals surface area (Å²) in [5, 5.41) is 6.79. The largest absolute Gasteiger partial charge is 0.350 e. The van der Waals surface area contributed by atoms with Crippen LogP contribution in [0.25, 0.3) is 22.4 Å². The molecule has 0 spiro atoms. The third-order valence-electron chi connectivity index (χ3n) is 4.78. The Morgan fingerprint density at radius 3 is 2.73 bits per heavy atom. The molecule has 1 amide bonds. The van der Waals surface area contributed by atoms with E-state index in [9.17, 15) is 9.59 Å². The van der Waals surface area contributed by atoms with Gasteiger partial charge >= 0.3 is 5.69 Å². The van der Waals surface area contributed by atoms with Gasteiger partial charge in [0.25, 0.3) is 0 Å². The zero-order valence-corrected chi connectivity index (χ0v) is 17.0. The molecule has 154 valence electrons. The molecule has 3 heterocycles. The van der Waals surface area contributed by atoms with E-state index in [-0.39, 0.29) is 24.2 Å². The Hall–Kier alpha value is -3.75. The number of carbonyl (C=O) groups excluding carboxylic acids is 1. The van der Waals surface area contributed by atoms with Crippen molar-refractivity contribution < 1.29 is 9.32 Å². The zero-order chi connectivity index (χ0) is 21.3. The molecule has 0 bridgehead atoms. The highest BCUT2D eigenvalue weighted by atomic mass is 16.5. The van der Waals surface area contributed by atoms with Crippen molar-refractivity contribution in [2.75, 3.05) is 0 Å². The second kappa shape index (κ2) is 7.94. The number of hydrogen-bond acceptors (Lipinski definition) is 6. The summed E-state index contributed by atoms with van der Waals surface area (Å²) in [6.07, 6.45) is 3.37. The monoisotopic (exact) mass is 406 g/mol. The molecule has 0 saturated carbocycles. The number of benzene rings is 1. The number of rotatable bonds is 6. The van der Waals surface area contributed by atoms with Crippen LogP contribution >= 0.6 is 0 Å². The minimum absolute atomic E-state index is 0.0574. The predicted molar refractivity (Wildman–Crippen MR) is 111 cm³/mol. The summed E-state index contributed by atoms with van der Waals surface area (Å²) in [6.45, 7) is 5.84. The van der Waals surface area contributed by atoms with Crippen molar-refractivity contribution in [2.24, 2.45) is 0 Å². The van der Waals surface area contributed by atoms with Crippen LogP contribution in [0, 0.1) is 6.92 Å². The van der Waals surface area contributed by atoms with Crippen molar-refractivity contribution in [3.8, 4) is 11.4 Å². The Kier molecular flexibility index (Phi) is 5.18. The van der Waals surface area contributed by atoms with E-state index in [1.807, 2.05) is 44.2 Å². The maximum Gasteiger partial charge on any atom is 0.329 e. The molecular weight excluding hydrogens is 384 g/mol. The molecular formula is C21H22N6O3. The molecule has 0 radical (unpaired) electrons. The van der Waals surface area contributed by atoms with Crippen molar-refractivity contribution in [1.82, 2.24) is 29.6 Å². The first-order valence-electron chi connectivity index (χ1n) is 9.65. The Morgan fingerprint density at radius 2 is 2.07 bits per heavy atom. The van der Waals surface area contributed by atoms with E-state index in [0.29, 0.717) is 29.3 Å². The first kappa shape index (κ1) is 19.6. The Bertz CT molecular complexity index is 1250. The highest BCUT2D eigenvalue weighted by Gasteiger charge is 2.19. The highest BCUT2D eigenvalue weighted by molar-refractivity contribution is 5.84. The van der Waals surface area contributed by atoms with Gasteiger partial charge in [0.05, 0.1) is 11.0 Å². The molecule has 0 unspecified atom stereocenters. The smallest absolute Gasteiger partial charge is 0.329 e. The molecule has 0 saturated heterocycles. The maximum absolute atomic E-state index is 13.1. The van der Waals surface area contributed by atoms with Gasteiger partial charge in [-0.1, -0.05) is 11.2 Å². The first-order valence-corrected chi connectivity index (χ1v) is 9.65. The Morgan fingerprint density at radius 1 is 1.23 bits per heavy atom. The van der Waals surface area contributed by atoms with Gasteiger partial charge in [0, 0.05) is 37.5 Å². The van der Waals surface area contributed by atoms with Crippen molar-refractivity contribution in [3.63, 3.8) is 0 Å². The maximum atomic E-state index is 13.1. The van der Waals surface area contributed by atoms with E-state index in [1.54, 1.807) is 23.9 Å². The fourth-order valence-electron chi connectivity index (χ4n) is 3.39. The summed E-state index contributed by atoms with van der Waals surface area (Å²) in [4.78, 5) is 33.9. The zero-order valence-electron chi connectivity index (χ0n) is 17.0. The number of pyridine rings is 1. The molecule has 1 aromatic carbocycles. The third kappa shape index (κ3) is 3.73. The molecule has 9 heteroatoms. The van der Waals surface area contributed by atoms with E-state index in [4.69, 9.17) is 4.52 Å². The summed E-state index contributed by atoms with van der Waals surface area (Å²) in [6, 6.07) is 9.14. The van der Waals surface area contributed by atoms with E-state index in [0.717, 1.165) is 11.1 Å². The van der Waals surface area contributed by atoms with E-state index >= 15 is 0 Å². The van der Waals surface area contributed by atoms with E-state index < -0.39 is 0 Å². The molecule has 1 N–H and O–H groups in total. The van der Waals surface area contributed by atoms with Crippen LogP contribution in [-0.2, 0) is 17.9 Å². The van der Waals surface area contributed by atoms with Crippen LogP contribution in [0.4, 0.5) is 0 Å². The summed E-state index contributed by atoms with van der Waals surface area (Å²) in [5.74, 6) is 0.633. The van der Waals surface area contributed by atoms with Gasteiger partial charge in [0.2, 0.25) is 17.6 Å². The number of nitrogens with zero attached hydrogens (tertiary/aromatic N) is 5. The SMILES string of the molecule is Cc1nc(-c2ccc3c(c2)n(CC(=O)NCc2cccnc2)c(=O)n3C(C)C)no1. The summed E-state index contributed by atoms with van der Waals surface area (Å²) >= 11 is 0. The number of aromatic nitrogens is 5. The lowest BCUT2D eigenvalue weighted by Gasteiger charge is -2.07. The summed E-state index contributed by atoms with van der Waals surface area (Å²) in [5.41, 5.74) is 2.75. The molecule has 0 aliphatic carbocycles. The van der Waals surface area contributed by atoms with Crippen molar-refractivity contribution in [2.45, 2.75) is 39.9 Å².